The van der Waals surface area contributed by atoms with Gasteiger partial charge < -0.3 is 10.2 Å². The van der Waals surface area contributed by atoms with Crippen molar-refractivity contribution in [1.29, 1.82) is 0 Å². The predicted molar refractivity (Wildman–Crippen MR) is 87.5 cm³/mol. The van der Waals surface area contributed by atoms with Crippen LogP contribution < -0.4 is 10.2 Å². The maximum Gasteiger partial charge on any atom is 0.0397 e. The second-order valence-corrected chi connectivity index (χ2v) is 6.80. The second-order valence-electron chi connectivity index (χ2n) is 6.80. The van der Waals surface area contributed by atoms with Gasteiger partial charge in [-0.1, -0.05) is 12.1 Å². The molecule has 2 rings (SSSR count). The molecule has 1 aliphatic rings. The molecular weight excluding hydrogens is 246 g/mol. The van der Waals surface area contributed by atoms with Crippen LogP contribution in [-0.4, -0.2) is 43.7 Å². The Labute approximate surface area is 124 Å². The molecule has 0 amide bonds. The van der Waals surface area contributed by atoms with Gasteiger partial charge >= 0.3 is 0 Å². The lowest BCUT2D eigenvalue weighted by molar-refractivity contribution is 0.128. The van der Waals surface area contributed by atoms with Gasteiger partial charge in [0.2, 0.25) is 0 Å². The highest BCUT2D eigenvalue weighted by atomic mass is 15.3. The first kappa shape index (κ1) is 15.3. The quantitative estimate of drug-likeness (QED) is 0.915. The van der Waals surface area contributed by atoms with Crippen molar-refractivity contribution in [3.05, 3.63) is 29.3 Å². The maximum absolute atomic E-state index is 3.21. The topological polar surface area (TPSA) is 18.5 Å². The summed E-state index contributed by atoms with van der Waals surface area (Å²) in [5.74, 6) is 0. The summed E-state index contributed by atoms with van der Waals surface area (Å²) in [4.78, 5) is 5.11. The monoisotopic (exact) mass is 275 g/mol. The minimum absolute atomic E-state index is 0.289. The Bertz CT molecular complexity index is 440. The highest BCUT2D eigenvalue weighted by Gasteiger charge is 2.26. The average molecular weight is 275 g/mol. The third-order valence-electron chi connectivity index (χ3n) is 4.21. The van der Waals surface area contributed by atoms with Crippen LogP contribution in [0.3, 0.4) is 0 Å². The van der Waals surface area contributed by atoms with Crippen molar-refractivity contribution < 1.29 is 0 Å². The molecule has 3 nitrogen and oxygen atoms in total. The van der Waals surface area contributed by atoms with Gasteiger partial charge in [0.25, 0.3) is 0 Å². The van der Waals surface area contributed by atoms with Crippen LogP contribution in [0.2, 0.25) is 0 Å². The number of hydrogen-bond donors (Lipinski definition) is 1. The summed E-state index contributed by atoms with van der Waals surface area (Å²) in [5.41, 5.74) is 4.44. The van der Waals surface area contributed by atoms with Crippen molar-refractivity contribution in [2.45, 2.75) is 39.8 Å². The summed E-state index contributed by atoms with van der Waals surface area (Å²) in [5, 5.41) is 3.21. The van der Waals surface area contributed by atoms with Gasteiger partial charge in [0.1, 0.15) is 0 Å². The number of rotatable bonds is 3. The van der Waals surface area contributed by atoms with Crippen LogP contribution >= 0.6 is 0 Å². The lowest BCUT2D eigenvalue weighted by Crippen LogP contribution is -2.53. The van der Waals surface area contributed by atoms with E-state index in [9.17, 15) is 0 Å². The number of nitrogens with zero attached hydrogens (tertiary/aromatic N) is 2. The highest BCUT2D eigenvalue weighted by Crippen LogP contribution is 2.24. The fraction of sp³-hybridized carbons (Fsp3) is 0.647. The molecule has 0 atom stereocenters. The van der Waals surface area contributed by atoms with Crippen molar-refractivity contribution in [3.8, 4) is 0 Å². The average Bonchev–Trinajstić information content (AvgIpc) is 2.38. The molecule has 1 heterocycles. The lowest BCUT2D eigenvalue weighted by atomic mass is 10.0. The first-order valence-electron chi connectivity index (χ1n) is 7.66. The second kappa shape index (κ2) is 6.15. The predicted octanol–water partition coefficient (Wildman–Crippen LogP) is 2.63. The number of aryl methyl sites for hydroxylation is 1. The molecule has 3 heteroatoms. The van der Waals surface area contributed by atoms with Crippen LogP contribution in [0.1, 0.15) is 31.9 Å². The third kappa shape index (κ3) is 3.53. The van der Waals surface area contributed by atoms with Crippen LogP contribution in [0.4, 0.5) is 5.69 Å². The van der Waals surface area contributed by atoms with Gasteiger partial charge in [-0.25, -0.2) is 0 Å². The number of anilines is 1. The van der Waals surface area contributed by atoms with Crippen molar-refractivity contribution in [2.24, 2.45) is 0 Å². The molecule has 1 aromatic rings. The Morgan fingerprint density at radius 3 is 2.25 bits per heavy atom. The molecule has 1 saturated heterocycles. The maximum atomic E-state index is 3.21. The zero-order chi connectivity index (χ0) is 14.8. The third-order valence-corrected chi connectivity index (χ3v) is 4.21. The molecule has 1 aliphatic heterocycles. The smallest absolute Gasteiger partial charge is 0.0397 e. The van der Waals surface area contributed by atoms with Gasteiger partial charge in [-0.15, -0.1) is 0 Å². The van der Waals surface area contributed by atoms with Gasteiger partial charge in [-0.05, 0) is 51.9 Å². The van der Waals surface area contributed by atoms with Crippen LogP contribution in [0.15, 0.2) is 18.2 Å². The van der Waals surface area contributed by atoms with E-state index in [1.165, 1.54) is 16.8 Å². The summed E-state index contributed by atoms with van der Waals surface area (Å²) in [6.07, 6.45) is 0. The molecule has 1 N–H and O–H groups in total. The Morgan fingerprint density at radius 2 is 1.75 bits per heavy atom. The van der Waals surface area contributed by atoms with E-state index in [0.717, 1.165) is 32.7 Å². The van der Waals surface area contributed by atoms with E-state index < -0.39 is 0 Å². The van der Waals surface area contributed by atoms with Crippen molar-refractivity contribution >= 4 is 5.69 Å². The largest absolute Gasteiger partial charge is 0.369 e. The SMILES string of the molecule is CNCc1ccc(N2CCN(C(C)(C)C)CC2)c(C)c1. The number of hydrogen-bond acceptors (Lipinski definition) is 3. The Morgan fingerprint density at radius 1 is 1.10 bits per heavy atom. The van der Waals surface area contributed by atoms with Gasteiger partial charge in [-0.2, -0.15) is 0 Å². The Hall–Kier alpha value is -1.06. The van der Waals surface area contributed by atoms with Gasteiger partial charge in [0.15, 0.2) is 0 Å². The summed E-state index contributed by atoms with van der Waals surface area (Å²) in [6, 6.07) is 6.84. The minimum Gasteiger partial charge on any atom is -0.369 e. The van der Waals surface area contributed by atoms with E-state index in [0.29, 0.717) is 0 Å². The van der Waals surface area contributed by atoms with Crippen molar-refractivity contribution in [3.63, 3.8) is 0 Å². The fourth-order valence-corrected chi connectivity index (χ4v) is 3.00. The summed E-state index contributed by atoms with van der Waals surface area (Å²) >= 11 is 0. The van der Waals surface area contributed by atoms with E-state index in [1.54, 1.807) is 0 Å². The van der Waals surface area contributed by atoms with E-state index >= 15 is 0 Å². The summed E-state index contributed by atoms with van der Waals surface area (Å²) in [6.45, 7) is 14.7. The zero-order valence-corrected chi connectivity index (χ0v) is 13.7. The Kier molecular flexibility index (Phi) is 4.71. The molecule has 20 heavy (non-hydrogen) atoms. The lowest BCUT2D eigenvalue weighted by Gasteiger charge is -2.43. The van der Waals surface area contributed by atoms with E-state index in [1.807, 2.05) is 7.05 Å². The molecule has 0 saturated carbocycles. The van der Waals surface area contributed by atoms with E-state index in [-0.39, 0.29) is 5.54 Å². The van der Waals surface area contributed by atoms with E-state index in [4.69, 9.17) is 0 Å². The number of benzene rings is 1. The molecule has 0 bridgehead atoms. The van der Waals surface area contributed by atoms with Crippen LogP contribution in [0, 0.1) is 6.92 Å². The molecular formula is C17H29N3. The molecule has 0 radical (unpaired) electrons. The molecule has 1 aromatic carbocycles. The van der Waals surface area contributed by atoms with Crippen molar-refractivity contribution in [1.82, 2.24) is 10.2 Å². The Balaban J connectivity index is 2.03. The van der Waals surface area contributed by atoms with E-state index in [2.05, 4.69) is 61.0 Å². The zero-order valence-electron chi connectivity index (χ0n) is 13.7. The first-order chi connectivity index (χ1) is 9.41. The standard InChI is InChI=1S/C17H29N3/c1-14-12-15(13-18-5)6-7-16(14)19-8-10-20(11-9-19)17(2,3)4/h6-7,12,18H,8-11,13H2,1-5H3. The number of piperazine rings is 1. The molecule has 0 aromatic heterocycles. The van der Waals surface area contributed by atoms with Gasteiger partial charge in [0.05, 0.1) is 0 Å². The summed E-state index contributed by atoms with van der Waals surface area (Å²) in [7, 11) is 2.00. The molecule has 112 valence electrons. The van der Waals surface area contributed by atoms with Crippen LogP contribution in [0.25, 0.3) is 0 Å². The van der Waals surface area contributed by atoms with Gasteiger partial charge in [0, 0.05) is 44.0 Å². The van der Waals surface area contributed by atoms with Crippen molar-refractivity contribution in [2.75, 3.05) is 38.1 Å². The number of nitrogens with one attached hydrogen (secondary N) is 1. The van der Waals surface area contributed by atoms with Crippen LogP contribution in [0.5, 0.6) is 0 Å². The molecule has 0 spiro atoms. The fourth-order valence-electron chi connectivity index (χ4n) is 3.00. The normalized spacial score (nSPS) is 17.6. The molecule has 0 unspecified atom stereocenters. The van der Waals surface area contributed by atoms with Gasteiger partial charge in [-0.3, -0.25) is 4.90 Å². The molecule has 0 aliphatic carbocycles. The minimum atomic E-state index is 0.289. The highest BCUT2D eigenvalue weighted by molar-refractivity contribution is 5.54. The molecule has 1 fully saturated rings. The summed E-state index contributed by atoms with van der Waals surface area (Å²) < 4.78 is 0. The van der Waals surface area contributed by atoms with Crippen LogP contribution in [-0.2, 0) is 6.54 Å². The first-order valence-corrected chi connectivity index (χ1v) is 7.66.